The largest absolute Gasteiger partial charge is 0.462 e. The van der Waals surface area contributed by atoms with E-state index in [1.54, 1.807) is 0 Å². The van der Waals surface area contributed by atoms with Gasteiger partial charge in [-0.1, -0.05) is 318 Å². The highest BCUT2D eigenvalue weighted by Crippen LogP contribution is 2.18. The van der Waals surface area contributed by atoms with Gasteiger partial charge in [0.2, 0.25) is 0 Å². The summed E-state index contributed by atoms with van der Waals surface area (Å²) in [6.45, 7) is 6.55. The van der Waals surface area contributed by atoms with E-state index in [2.05, 4.69) is 93.7 Å². The third kappa shape index (κ3) is 65.5. The number of hydrogen-bond donors (Lipinski definition) is 0. The molecule has 0 aliphatic heterocycles. The normalized spacial score (nSPS) is 12.5. The molecule has 6 nitrogen and oxygen atoms in total. The Morgan fingerprint density at radius 1 is 0.266 bits per heavy atom. The number of hydrogen-bond acceptors (Lipinski definition) is 6. The summed E-state index contributed by atoms with van der Waals surface area (Å²) >= 11 is 0. The van der Waals surface area contributed by atoms with Crippen molar-refractivity contribution in [2.24, 2.45) is 0 Å². The Labute approximate surface area is 491 Å². The van der Waals surface area contributed by atoms with Crippen molar-refractivity contribution >= 4 is 17.9 Å². The summed E-state index contributed by atoms with van der Waals surface area (Å²) in [5, 5.41) is 0. The zero-order valence-corrected chi connectivity index (χ0v) is 52.6. The average Bonchev–Trinajstić information content (AvgIpc) is 3.45. The van der Waals surface area contributed by atoms with Crippen LogP contribution < -0.4 is 0 Å². The quantitative estimate of drug-likeness (QED) is 0.0261. The van der Waals surface area contributed by atoms with Crippen molar-refractivity contribution in [1.29, 1.82) is 0 Å². The fourth-order valence-electron chi connectivity index (χ4n) is 10.1. The first-order chi connectivity index (χ1) is 39.0. The average molecular weight is 1100 g/mol. The van der Waals surface area contributed by atoms with Crippen LogP contribution in [0.5, 0.6) is 0 Å². The van der Waals surface area contributed by atoms with E-state index >= 15 is 0 Å². The molecule has 0 aromatic heterocycles. The molecular weight excluding hydrogens is 973 g/mol. The number of carbonyl (C=O) groups excluding carboxylic acids is 3. The van der Waals surface area contributed by atoms with Gasteiger partial charge in [0.25, 0.3) is 0 Å². The van der Waals surface area contributed by atoms with Gasteiger partial charge in [-0.05, 0) is 89.9 Å². The Morgan fingerprint density at radius 3 is 0.797 bits per heavy atom. The van der Waals surface area contributed by atoms with Crippen LogP contribution in [-0.2, 0) is 28.6 Å². The number of rotatable bonds is 63. The fourth-order valence-corrected chi connectivity index (χ4v) is 10.1. The lowest BCUT2D eigenvalue weighted by Gasteiger charge is -2.18. The lowest BCUT2D eigenvalue weighted by Crippen LogP contribution is -2.30. The van der Waals surface area contributed by atoms with E-state index in [9.17, 15) is 14.4 Å². The van der Waals surface area contributed by atoms with E-state index in [0.717, 1.165) is 103 Å². The van der Waals surface area contributed by atoms with Crippen molar-refractivity contribution in [3.8, 4) is 0 Å². The minimum atomic E-state index is -0.784. The molecule has 0 spiro atoms. The molecule has 1 atom stereocenters. The molecule has 1 unspecified atom stereocenters. The second kappa shape index (κ2) is 67.4. The molecule has 6 heteroatoms. The third-order valence-corrected chi connectivity index (χ3v) is 15.2. The first-order valence-corrected chi connectivity index (χ1v) is 34.4. The molecular formula is C73H130O6. The summed E-state index contributed by atoms with van der Waals surface area (Å²) in [5.74, 6) is -0.873. The summed E-state index contributed by atoms with van der Waals surface area (Å²) < 4.78 is 17.0. The SMILES string of the molecule is CC/C=C\C/C=C\C/C=C\C/C=C\CCCCCCCCCCC(=O)OC(COC(=O)CCCCCCCCC/C=C\C/C=C\CCCCC)COC(=O)CCCCCCCCCCCCCCCCCCCCCCCCC. The van der Waals surface area contributed by atoms with Crippen molar-refractivity contribution in [3.63, 3.8) is 0 Å². The molecule has 0 fully saturated rings. The molecule has 0 saturated heterocycles. The first-order valence-electron chi connectivity index (χ1n) is 34.4. The van der Waals surface area contributed by atoms with Crippen molar-refractivity contribution in [1.82, 2.24) is 0 Å². The van der Waals surface area contributed by atoms with E-state index in [-0.39, 0.29) is 31.1 Å². The number of esters is 3. The molecule has 0 aliphatic carbocycles. The molecule has 79 heavy (non-hydrogen) atoms. The zero-order valence-electron chi connectivity index (χ0n) is 52.6. The van der Waals surface area contributed by atoms with Gasteiger partial charge in [0.15, 0.2) is 6.10 Å². The summed E-state index contributed by atoms with van der Waals surface area (Å²) in [6.07, 6.45) is 87.7. The highest BCUT2D eigenvalue weighted by atomic mass is 16.6. The van der Waals surface area contributed by atoms with Gasteiger partial charge in [-0.25, -0.2) is 0 Å². The maximum absolute atomic E-state index is 13.0. The molecule has 0 aliphatic rings. The number of ether oxygens (including phenoxy) is 3. The Hall–Kier alpha value is -3.15. The summed E-state index contributed by atoms with van der Waals surface area (Å²) in [7, 11) is 0. The Bertz CT molecular complexity index is 1450. The number of allylic oxidation sites excluding steroid dienone is 12. The lowest BCUT2D eigenvalue weighted by molar-refractivity contribution is -0.167. The van der Waals surface area contributed by atoms with Crippen LogP contribution in [0.15, 0.2) is 72.9 Å². The molecule has 0 radical (unpaired) electrons. The smallest absolute Gasteiger partial charge is 0.306 e. The van der Waals surface area contributed by atoms with Gasteiger partial charge in [-0.2, -0.15) is 0 Å². The fraction of sp³-hybridized carbons (Fsp3) is 0.795. The Morgan fingerprint density at radius 2 is 0.494 bits per heavy atom. The van der Waals surface area contributed by atoms with Crippen LogP contribution >= 0.6 is 0 Å². The van der Waals surface area contributed by atoms with Crippen LogP contribution in [0.25, 0.3) is 0 Å². The molecule has 0 heterocycles. The van der Waals surface area contributed by atoms with Crippen LogP contribution in [0.2, 0.25) is 0 Å². The minimum Gasteiger partial charge on any atom is -0.462 e. The van der Waals surface area contributed by atoms with Crippen LogP contribution in [0.3, 0.4) is 0 Å². The van der Waals surface area contributed by atoms with Crippen molar-refractivity contribution in [3.05, 3.63) is 72.9 Å². The van der Waals surface area contributed by atoms with Gasteiger partial charge >= 0.3 is 17.9 Å². The first kappa shape index (κ1) is 75.8. The van der Waals surface area contributed by atoms with Crippen molar-refractivity contribution < 1.29 is 28.6 Å². The van der Waals surface area contributed by atoms with E-state index in [1.807, 2.05) is 0 Å². The maximum atomic E-state index is 13.0. The summed E-state index contributed by atoms with van der Waals surface area (Å²) in [5.41, 5.74) is 0. The maximum Gasteiger partial charge on any atom is 0.306 e. The van der Waals surface area contributed by atoms with Crippen molar-refractivity contribution in [2.45, 2.75) is 361 Å². The van der Waals surface area contributed by atoms with Gasteiger partial charge in [0, 0.05) is 19.3 Å². The monoisotopic (exact) mass is 1100 g/mol. The molecule has 458 valence electrons. The van der Waals surface area contributed by atoms with E-state index in [0.29, 0.717) is 19.3 Å². The topological polar surface area (TPSA) is 78.9 Å². The van der Waals surface area contributed by atoms with Gasteiger partial charge in [-0.3, -0.25) is 14.4 Å². The van der Waals surface area contributed by atoms with Gasteiger partial charge in [0.1, 0.15) is 13.2 Å². The van der Waals surface area contributed by atoms with Gasteiger partial charge in [-0.15, -0.1) is 0 Å². The molecule has 0 amide bonds. The van der Waals surface area contributed by atoms with Crippen molar-refractivity contribution in [2.75, 3.05) is 13.2 Å². The Balaban J connectivity index is 4.35. The minimum absolute atomic E-state index is 0.0779. The standard InChI is InChI=1S/C73H130O6/c1-4-7-10-13-16-19-22-25-28-31-33-35-36-38-39-42-45-48-51-54-57-60-63-66-72(75)78-69-70(68-77-71(74)65-62-59-56-53-50-47-44-41-30-27-24-21-18-15-12-9-6-3)79-73(76)67-64-61-58-55-52-49-46-43-40-37-34-32-29-26-23-20-17-14-11-8-5-2/h8,11,17-18,20-21,26-27,29-30,34,37,70H,4-7,9-10,12-16,19,22-25,28,31-33,35-36,38-69H2,1-3H3/b11-8-,20-17-,21-18-,29-26-,30-27-,37-34-. The number of carbonyl (C=O) groups is 3. The predicted molar refractivity (Wildman–Crippen MR) is 344 cm³/mol. The number of unbranched alkanes of at least 4 members (excludes halogenated alkanes) is 40. The second-order valence-corrected chi connectivity index (χ2v) is 23.1. The molecule has 0 bridgehead atoms. The van der Waals surface area contributed by atoms with E-state index in [4.69, 9.17) is 14.2 Å². The van der Waals surface area contributed by atoms with Crippen LogP contribution in [-0.4, -0.2) is 37.2 Å². The second-order valence-electron chi connectivity index (χ2n) is 23.1. The van der Waals surface area contributed by atoms with Crippen LogP contribution in [0.1, 0.15) is 355 Å². The van der Waals surface area contributed by atoms with Crippen LogP contribution in [0, 0.1) is 0 Å². The molecule has 0 aromatic rings. The Kier molecular flexibility index (Phi) is 64.7. The predicted octanol–water partition coefficient (Wildman–Crippen LogP) is 23.7. The van der Waals surface area contributed by atoms with Gasteiger partial charge in [0.05, 0.1) is 0 Å². The third-order valence-electron chi connectivity index (χ3n) is 15.2. The lowest BCUT2D eigenvalue weighted by atomic mass is 10.0. The van der Waals surface area contributed by atoms with E-state index < -0.39 is 6.10 Å². The van der Waals surface area contributed by atoms with E-state index in [1.165, 1.54) is 212 Å². The highest BCUT2D eigenvalue weighted by molar-refractivity contribution is 5.71. The summed E-state index contributed by atoms with van der Waals surface area (Å²) in [6, 6.07) is 0. The molecule has 0 N–H and O–H groups in total. The molecule has 0 saturated carbocycles. The van der Waals surface area contributed by atoms with Crippen LogP contribution in [0.4, 0.5) is 0 Å². The molecule has 0 aromatic carbocycles. The highest BCUT2D eigenvalue weighted by Gasteiger charge is 2.19. The van der Waals surface area contributed by atoms with Gasteiger partial charge < -0.3 is 14.2 Å². The zero-order chi connectivity index (χ0) is 57.1. The molecule has 0 rings (SSSR count). The summed E-state index contributed by atoms with van der Waals surface area (Å²) in [4.78, 5) is 38.4.